The number of aryl methyl sites for hydroxylation is 1. The van der Waals surface area contributed by atoms with Gasteiger partial charge in [-0.1, -0.05) is 49.6 Å². The van der Waals surface area contributed by atoms with E-state index in [1.54, 1.807) is 0 Å². The molecule has 0 aliphatic heterocycles. The standard InChI is InChI=1S/C14H20ClN/c1-3-16-13(9-11-7-8-11)12-6-4-5-10(2)14(12)15/h4-6,11,13,16H,3,7-9H2,1-2H3. The van der Waals surface area contributed by atoms with Crippen molar-refractivity contribution in [2.24, 2.45) is 5.92 Å². The van der Waals surface area contributed by atoms with Crippen molar-refractivity contribution in [1.29, 1.82) is 0 Å². The molecule has 1 nitrogen and oxygen atoms in total. The van der Waals surface area contributed by atoms with Crippen LogP contribution in [0.2, 0.25) is 5.02 Å². The van der Waals surface area contributed by atoms with Gasteiger partial charge in [-0.25, -0.2) is 0 Å². The van der Waals surface area contributed by atoms with Gasteiger partial charge in [-0.05, 0) is 36.9 Å². The van der Waals surface area contributed by atoms with Gasteiger partial charge in [-0.2, -0.15) is 0 Å². The molecule has 0 radical (unpaired) electrons. The molecule has 1 N–H and O–H groups in total. The molecule has 1 fully saturated rings. The Morgan fingerprint density at radius 2 is 2.19 bits per heavy atom. The molecule has 1 aliphatic rings. The molecule has 0 bridgehead atoms. The first-order valence-electron chi connectivity index (χ1n) is 6.20. The van der Waals surface area contributed by atoms with Crippen LogP contribution in [0.15, 0.2) is 18.2 Å². The zero-order valence-corrected chi connectivity index (χ0v) is 10.8. The van der Waals surface area contributed by atoms with Crippen molar-refractivity contribution in [3.63, 3.8) is 0 Å². The average Bonchev–Trinajstić information content (AvgIpc) is 3.06. The first kappa shape index (κ1) is 11.9. The lowest BCUT2D eigenvalue weighted by Gasteiger charge is -2.20. The second-order valence-electron chi connectivity index (χ2n) is 4.77. The van der Waals surface area contributed by atoms with Gasteiger partial charge in [-0.3, -0.25) is 0 Å². The number of nitrogens with one attached hydrogen (secondary N) is 1. The Morgan fingerprint density at radius 3 is 2.81 bits per heavy atom. The Labute approximate surface area is 103 Å². The summed E-state index contributed by atoms with van der Waals surface area (Å²) in [5, 5.41) is 4.49. The van der Waals surface area contributed by atoms with E-state index in [2.05, 4.69) is 37.4 Å². The van der Waals surface area contributed by atoms with Gasteiger partial charge in [0.2, 0.25) is 0 Å². The van der Waals surface area contributed by atoms with E-state index in [9.17, 15) is 0 Å². The van der Waals surface area contributed by atoms with E-state index in [4.69, 9.17) is 11.6 Å². The molecule has 0 aromatic heterocycles. The van der Waals surface area contributed by atoms with E-state index >= 15 is 0 Å². The van der Waals surface area contributed by atoms with Crippen LogP contribution < -0.4 is 5.32 Å². The Hall–Kier alpha value is -0.530. The van der Waals surface area contributed by atoms with E-state index < -0.39 is 0 Å². The second-order valence-corrected chi connectivity index (χ2v) is 5.15. The van der Waals surface area contributed by atoms with Crippen LogP contribution in [-0.2, 0) is 0 Å². The van der Waals surface area contributed by atoms with Crippen molar-refractivity contribution in [1.82, 2.24) is 5.32 Å². The summed E-state index contributed by atoms with van der Waals surface area (Å²) in [5.41, 5.74) is 2.45. The van der Waals surface area contributed by atoms with Gasteiger partial charge in [0, 0.05) is 11.1 Å². The van der Waals surface area contributed by atoms with Crippen LogP contribution >= 0.6 is 11.6 Å². The predicted octanol–water partition coefficient (Wildman–Crippen LogP) is 4.10. The van der Waals surface area contributed by atoms with Crippen molar-refractivity contribution < 1.29 is 0 Å². The largest absolute Gasteiger partial charge is 0.310 e. The van der Waals surface area contributed by atoms with Crippen LogP contribution in [0.3, 0.4) is 0 Å². The predicted molar refractivity (Wildman–Crippen MR) is 69.9 cm³/mol. The summed E-state index contributed by atoms with van der Waals surface area (Å²) in [7, 11) is 0. The maximum atomic E-state index is 6.39. The molecule has 0 saturated heterocycles. The third-order valence-electron chi connectivity index (χ3n) is 3.31. The van der Waals surface area contributed by atoms with E-state index in [1.807, 2.05) is 0 Å². The van der Waals surface area contributed by atoms with Gasteiger partial charge in [0.1, 0.15) is 0 Å². The van der Waals surface area contributed by atoms with Gasteiger partial charge in [0.25, 0.3) is 0 Å². The SMILES string of the molecule is CCNC(CC1CC1)c1cccc(C)c1Cl. The van der Waals surface area contributed by atoms with Crippen LogP contribution in [0.4, 0.5) is 0 Å². The molecule has 0 spiro atoms. The minimum Gasteiger partial charge on any atom is -0.310 e. The summed E-state index contributed by atoms with van der Waals surface area (Å²) < 4.78 is 0. The molecular formula is C14H20ClN. The summed E-state index contributed by atoms with van der Waals surface area (Å²) in [6.45, 7) is 5.23. The summed E-state index contributed by atoms with van der Waals surface area (Å²) >= 11 is 6.39. The van der Waals surface area contributed by atoms with Crippen molar-refractivity contribution in [2.75, 3.05) is 6.54 Å². The Balaban J connectivity index is 2.18. The topological polar surface area (TPSA) is 12.0 Å². The van der Waals surface area contributed by atoms with Gasteiger partial charge >= 0.3 is 0 Å². The molecule has 1 saturated carbocycles. The third kappa shape index (κ3) is 2.78. The van der Waals surface area contributed by atoms with Crippen LogP contribution in [0.25, 0.3) is 0 Å². The summed E-state index contributed by atoms with van der Waals surface area (Å²) in [6.07, 6.45) is 4.02. The number of benzene rings is 1. The summed E-state index contributed by atoms with van der Waals surface area (Å²) in [5.74, 6) is 0.917. The minimum atomic E-state index is 0.435. The number of hydrogen-bond acceptors (Lipinski definition) is 1. The van der Waals surface area contributed by atoms with E-state index in [-0.39, 0.29) is 0 Å². The van der Waals surface area contributed by atoms with Gasteiger partial charge in [0.15, 0.2) is 0 Å². The Bertz CT molecular complexity index is 358. The number of rotatable bonds is 5. The van der Waals surface area contributed by atoms with Crippen molar-refractivity contribution in [2.45, 2.75) is 39.2 Å². The average molecular weight is 238 g/mol. The number of hydrogen-bond donors (Lipinski definition) is 1. The normalized spacial score (nSPS) is 17.4. The third-order valence-corrected chi connectivity index (χ3v) is 3.83. The van der Waals surface area contributed by atoms with Crippen molar-refractivity contribution in [3.05, 3.63) is 34.3 Å². The lowest BCUT2D eigenvalue weighted by molar-refractivity contribution is 0.487. The van der Waals surface area contributed by atoms with Gasteiger partial charge in [0.05, 0.1) is 0 Å². The lowest BCUT2D eigenvalue weighted by Crippen LogP contribution is -2.21. The van der Waals surface area contributed by atoms with Crippen LogP contribution in [0.5, 0.6) is 0 Å². The fourth-order valence-corrected chi connectivity index (χ4v) is 2.45. The maximum absolute atomic E-state index is 6.39. The second kappa shape index (κ2) is 5.20. The zero-order chi connectivity index (χ0) is 11.5. The van der Waals surface area contributed by atoms with Gasteiger partial charge < -0.3 is 5.32 Å². The van der Waals surface area contributed by atoms with Gasteiger partial charge in [-0.15, -0.1) is 0 Å². The van der Waals surface area contributed by atoms with E-state index in [0.29, 0.717) is 6.04 Å². The molecule has 1 aliphatic carbocycles. The van der Waals surface area contributed by atoms with Crippen LogP contribution in [0.1, 0.15) is 43.4 Å². The van der Waals surface area contributed by atoms with Crippen LogP contribution in [0, 0.1) is 12.8 Å². The summed E-state index contributed by atoms with van der Waals surface area (Å²) in [6, 6.07) is 6.77. The lowest BCUT2D eigenvalue weighted by atomic mass is 9.99. The fourth-order valence-electron chi connectivity index (χ4n) is 2.19. The maximum Gasteiger partial charge on any atom is 0.0482 e. The fraction of sp³-hybridized carbons (Fsp3) is 0.571. The molecule has 0 amide bonds. The molecule has 1 unspecified atom stereocenters. The smallest absolute Gasteiger partial charge is 0.0482 e. The zero-order valence-electron chi connectivity index (χ0n) is 10.1. The number of halogens is 1. The molecule has 0 heterocycles. The highest BCUT2D eigenvalue weighted by molar-refractivity contribution is 6.32. The first-order valence-corrected chi connectivity index (χ1v) is 6.58. The Kier molecular flexibility index (Phi) is 3.88. The quantitative estimate of drug-likeness (QED) is 0.813. The monoisotopic (exact) mass is 237 g/mol. The molecular weight excluding hydrogens is 218 g/mol. The highest BCUT2D eigenvalue weighted by Gasteiger charge is 2.26. The highest BCUT2D eigenvalue weighted by Crippen LogP contribution is 2.39. The molecule has 1 atom stereocenters. The summed E-state index contributed by atoms with van der Waals surface area (Å²) in [4.78, 5) is 0. The molecule has 16 heavy (non-hydrogen) atoms. The molecule has 1 aromatic rings. The van der Waals surface area contributed by atoms with Crippen LogP contribution in [-0.4, -0.2) is 6.54 Å². The molecule has 1 aromatic carbocycles. The first-order chi connectivity index (χ1) is 7.72. The Morgan fingerprint density at radius 1 is 1.44 bits per heavy atom. The van der Waals surface area contributed by atoms with Crippen molar-refractivity contribution in [3.8, 4) is 0 Å². The van der Waals surface area contributed by atoms with E-state index in [1.165, 1.54) is 30.4 Å². The molecule has 88 valence electrons. The minimum absolute atomic E-state index is 0.435. The van der Waals surface area contributed by atoms with Crippen molar-refractivity contribution >= 4 is 11.6 Å². The highest BCUT2D eigenvalue weighted by atomic mass is 35.5. The molecule has 2 heteroatoms. The molecule has 2 rings (SSSR count). The van der Waals surface area contributed by atoms with E-state index in [0.717, 1.165) is 17.5 Å².